The molecular formula is C62H63Cl2F2N8O10P. The zero-order chi connectivity index (χ0) is 61.4. The zero-order valence-electron chi connectivity index (χ0n) is 47.3. The highest BCUT2D eigenvalue weighted by atomic mass is 35.5. The molecule has 85 heavy (non-hydrogen) atoms. The maximum absolute atomic E-state index is 13.6. The summed E-state index contributed by atoms with van der Waals surface area (Å²) in [6, 6.07) is 36.8. The third kappa shape index (κ3) is 14.0. The van der Waals surface area contributed by atoms with Crippen molar-refractivity contribution < 1.29 is 56.2 Å². The Labute approximate surface area is 499 Å². The van der Waals surface area contributed by atoms with Gasteiger partial charge in [-0.3, -0.25) is 38.2 Å². The molecule has 2 fully saturated rings. The Morgan fingerprint density at radius 3 is 1.44 bits per heavy atom. The van der Waals surface area contributed by atoms with E-state index in [4.69, 9.17) is 39.6 Å². The monoisotopic (exact) mass is 1220 g/mol. The molecule has 2 saturated heterocycles. The highest BCUT2D eigenvalue weighted by Crippen LogP contribution is 2.42. The first kappa shape index (κ1) is 63.0. The number of nitrogens with one attached hydrogen (secondary N) is 1. The van der Waals surface area contributed by atoms with E-state index in [1.165, 1.54) is 53.5 Å². The van der Waals surface area contributed by atoms with E-state index in [9.17, 15) is 42.1 Å². The van der Waals surface area contributed by atoms with Crippen LogP contribution >= 0.6 is 30.6 Å². The minimum atomic E-state index is -3.13. The SMILES string of the molecule is COC(=O)C(=O)c1c[nH]c2cc(Cl)c(C(=O)N3C[C@H](C)N(Cc4ccc(F)cc4)C[C@H]3C)cc12.COC(=O)C(=O)c1cn(N)c2cc(Cl)c(C(=O)N3C[C@H](C)N(Cc4ccc(F)cc4)C[C@H]3C)cc12.NOP(=O)(c1ccccc1)c1ccccc1. The predicted molar refractivity (Wildman–Crippen MR) is 322 cm³/mol. The third-order valence-electron chi connectivity index (χ3n) is 15.1. The number of nitrogen functional groups attached to an aromatic ring is 1. The Morgan fingerprint density at radius 2 is 1.00 bits per heavy atom. The molecule has 2 aliphatic heterocycles. The maximum Gasteiger partial charge on any atom is 0.379 e. The van der Waals surface area contributed by atoms with E-state index in [2.05, 4.69) is 24.3 Å². The largest absolute Gasteiger partial charge is 0.463 e. The number of H-pyrrole nitrogens is 1. The summed E-state index contributed by atoms with van der Waals surface area (Å²) in [6.45, 7) is 11.5. The van der Waals surface area contributed by atoms with Crippen LogP contribution in [0.25, 0.3) is 21.8 Å². The maximum atomic E-state index is 13.6. The van der Waals surface area contributed by atoms with Gasteiger partial charge in [0.15, 0.2) is 0 Å². The molecule has 0 radical (unpaired) electrons. The average Bonchev–Trinajstić information content (AvgIpc) is 2.31. The third-order valence-corrected chi connectivity index (χ3v) is 18.0. The summed E-state index contributed by atoms with van der Waals surface area (Å²) in [5.74, 6) is 6.42. The summed E-state index contributed by atoms with van der Waals surface area (Å²) in [5, 5.41) is 2.42. The number of ether oxygens (including phenoxy) is 2. The lowest BCUT2D eigenvalue weighted by molar-refractivity contribution is -0.135. The van der Waals surface area contributed by atoms with Crippen molar-refractivity contribution in [3.63, 3.8) is 0 Å². The fourth-order valence-corrected chi connectivity index (χ4v) is 12.5. The van der Waals surface area contributed by atoms with Gasteiger partial charge in [0.05, 0.1) is 52.0 Å². The van der Waals surface area contributed by atoms with Crippen molar-refractivity contribution in [3.05, 3.63) is 201 Å². The van der Waals surface area contributed by atoms with Crippen molar-refractivity contribution in [2.75, 3.05) is 46.2 Å². The summed E-state index contributed by atoms with van der Waals surface area (Å²) in [4.78, 5) is 86.4. The Balaban J connectivity index is 0.000000177. The molecule has 4 atom stereocenters. The van der Waals surface area contributed by atoms with Crippen LogP contribution in [0.4, 0.5) is 8.78 Å². The van der Waals surface area contributed by atoms with Gasteiger partial charge in [0.2, 0.25) is 0 Å². The van der Waals surface area contributed by atoms with Crippen molar-refractivity contribution in [3.8, 4) is 0 Å². The van der Waals surface area contributed by atoms with Crippen molar-refractivity contribution in [1.82, 2.24) is 29.3 Å². The van der Waals surface area contributed by atoms with E-state index in [0.717, 1.165) is 25.3 Å². The Morgan fingerprint density at radius 1 is 0.576 bits per heavy atom. The van der Waals surface area contributed by atoms with Crippen molar-refractivity contribution >= 4 is 98.3 Å². The number of methoxy groups -OCH3 is 2. The van der Waals surface area contributed by atoms with Crippen LogP contribution in [0.1, 0.15) is 80.3 Å². The first-order chi connectivity index (χ1) is 40.6. The number of fused-ring (bicyclic) bond motifs is 2. The number of nitrogens with two attached hydrogens (primary N) is 2. The molecule has 0 spiro atoms. The average molecular weight is 1220 g/mol. The minimum Gasteiger partial charge on any atom is -0.463 e. The van der Waals surface area contributed by atoms with Gasteiger partial charge in [-0.25, -0.2) is 28.9 Å². The molecular weight excluding hydrogens is 1160 g/mol. The molecule has 10 rings (SSSR count). The fraction of sp³-hybridized carbons (Fsp3) is 0.258. The van der Waals surface area contributed by atoms with Crippen molar-refractivity contribution in [2.24, 2.45) is 5.90 Å². The van der Waals surface area contributed by atoms with Crippen LogP contribution in [0.2, 0.25) is 10.0 Å². The number of carbonyl (C=O) groups excluding carboxylic acids is 6. The summed E-state index contributed by atoms with van der Waals surface area (Å²) < 4.78 is 54.1. The standard InChI is InChI=1S/C25H26ClFN4O4.C25H25ClFN3O4.C12H12NO2P/c1-14-11-30(15(2)10-29(14)12-16-4-6-17(27)7-5-16)24(33)19-8-18-20(23(32)25(34)35-3)13-31(28)22(18)9-21(19)26;1-14-12-30(15(2)11-29(14)13-16-4-6-17(27)7-5-16)24(32)19-8-18-20(23(31)25(33)34-3)10-28-22(18)9-21(19)26;13-15-16(14,11-7-3-1-4-8-11)12-9-5-2-6-10-12/h4-9,13-15H,10-12,28H2,1-3H3;4-10,14-15,28H,11-13H2,1-3H3;1-10H,13H2/t2*14-,15+;/m00./s1. The van der Waals surface area contributed by atoms with Gasteiger partial charge in [0.1, 0.15) is 11.6 Å². The Kier molecular flexibility index (Phi) is 20.2. The lowest BCUT2D eigenvalue weighted by Crippen LogP contribution is -2.57. The van der Waals surface area contributed by atoms with Gasteiger partial charge in [0, 0.05) is 103 Å². The van der Waals surface area contributed by atoms with Gasteiger partial charge in [-0.15, -0.1) is 0 Å². The fourth-order valence-electron chi connectivity index (χ4n) is 10.4. The first-order valence-electron chi connectivity index (χ1n) is 26.9. The number of ketones is 2. The van der Waals surface area contributed by atoms with Crippen molar-refractivity contribution in [1.29, 1.82) is 0 Å². The number of hydrogen-bond acceptors (Lipinski definition) is 14. The molecule has 23 heteroatoms. The number of aromatic amines is 1. The molecule has 2 aromatic heterocycles. The molecule has 0 bridgehead atoms. The molecule has 4 heterocycles. The highest BCUT2D eigenvalue weighted by Gasteiger charge is 2.36. The topological polar surface area (TPSA) is 233 Å². The van der Waals surface area contributed by atoms with Crippen LogP contribution in [0.5, 0.6) is 0 Å². The van der Waals surface area contributed by atoms with E-state index in [1.54, 1.807) is 70.5 Å². The molecule has 6 aromatic carbocycles. The second kappa shape index (κ2) is 27.3. The molecule has 5 N–H and O–H groups in total. The number of halogens is 4. The molecule has 444 valence electrons. The Hall–Kier alpha value is -8.07. The van der Waals surface area contributed by atoms with Crippen LogP contribution < -0.4 is 22.3 Å². The van der Waals surface area contributed by atoms with E-state index in [1.807, 2.05) is 64.1 Å². The van der Waals surface area contributed by atoms with Crippen LogP contribution in [0.3, 0.4) is 0 Å². The van der Waals surface area contributed by atoms with Gasteiger partial charge < -0.3 is 30.1 Å². The molecule has 8 aromatic rings. The van der Waals surface area contributed by atoms with Crippen LogP contribution in [0.15, 0.2) is 146 Å². The summed E-state index contributed by atoms with van der Waals surface area (Å²) in [5.41, 5.74) is 3.58. The number of rotatable bonds is 13. The smallest absolute Gasteiger partial charge is 0.379 e. The van der Waals surface area contributed by atoms with Gasteiger partial charge in [-0.05, 0) is 112 Å². The lowest BCUT2D eigenvalue weighted by Gasteiger charge is -2.44. The second-order valence-corrected chi connectivity index (χ2v) is 23.9. The molecule has 18 nitrogen and oxygen atoms in total. The lowest BCUT2D eigenvalue weighted by atomic mass is 10.0. The van der Waals surface area contributed by atoms with Gasteiger partial charge in [-0.1, -0.05) is 83.9 Å². The molecule has 0 aliphatic carbocycles. The zero-order valence-corrected chi connectivity index (χ0v) is 49.7. The van der Waals surface area contributed by atoms with E-state index < -0.39 is 30.9 Å². The quantitative estimate of drug-likeness (QED) is 0.0244. The number of piperazine rings is 2. The first-order valence-corrected chi connectivity index (χ1v) is 29.3. The van der Waals surface area contributed by atoms with Crippen LogP contribution in [-0.4, -0.2) is 129 Å². The minimum absolute atomic E-state index is 0.0330. The van der Waals surface area contributed by atoms with E-state index in [-0.39, 0.29) is 79.9 Å². The Bertz CT molecular complexity index is 3770. The molecule has 0 unspecified atom stereocenters. The number of aromatic nitrogens is 2. The van der Waals surface area contributed by atoms with E-state index >= 15 is 0 Å². The number of Topliss-reactive ketones (excluding diaryl/α,β-unsaturated/α-hetero) is 2. The summed E-state index contributed by atoms with van der Waals surface area (Å²) >= 11 is 12.9. The highest BCUT2D eigenvalue weighted by molar-refractivity contribution is 7.74. The number of nitrogens with zero attached hydrogens (tertiary/aromatic N) is 5. The normalized spacial score (nSPS) is 17.3. The van der Waals surface area contributed by atoms with E-state index in [0.29, 0.717) is 71.7 Å². The number of carbonyl (C=O) groups is 6. The van der Waals surface area contributed by atoms with Crippen LogP contribution in [0, 0.1) is 11.6 Å². The number of esters is 2. The van der Waals surface area contributed by atoms with Gasteiger partial charge in [-0.2, -0.15) is 0 Å². The van der Waals surface area contributed by atoms with Crippen LogP contribution in [-0.2, 0) is 41.3 Å². The molecule has 0 saturated carbocycles. The number of hydrogen-bond donors (Lipinski definition) is 3. The van der Waals surface area contributed by atoms with Gasteiger partial charge >= 0.3 is 11.9 Å². The van der Waals surface area contributed by atoms with Crippen molar-refractivity contribution in [2.45, 2.75) is 65.0 Å². The number of amides is 2. The number of benzene rings is 6. The molecule has 2 amide bonds. The summed E-state index contributed by atoms with van der Waals surface area (Å²) in [7, 11) is -0.872. The predicted octanol–water partition coefficient (Wildman–Crippen LogP) is 9.10. The molecule has 2 aliphatic rings. The summed E-state index contributed by atoms with van der Waals surface area (Å²) in [6.07, 6.45) is 2.72. The van der Waals surface area contributed by atoms with Gasteiger partial charge in [0.25, 0.3) is 30.7 Å². The second-order valence-electron chi connectivity index (χ2n) is 20.8.